The standard InChI is InChI=1S/C17H25N5O3S2/c1-20(2)27(23,24)12-13-10-25-11-14(13)22-8-5-18-16(22)15-9-19-17(26-15)21-6-3-4-7-21/h5,8-9,13-14H,3-4,6-7,10-12H2,1-2H3/t13-,14+/m0/s1. The number of nitrogens with zero attached hydrogens (tertiary/aromatic N) is 5. The zero-order valence-corrected chi connectivity index (χ0v) is 17.2. The molecular formula is C17H25N5O3S2. The summed E-state index contributed by atoms with van der Waals surface area (Å²) >= 11 is 1.64. The van der Waals surface area contributed by atoms with E-state index in [2.05, 4.69) is 19.4 Å². The molecule has 2 aliphatic heterocycles. The van der Waals surface area contributed by atoms with Crippen molar-refractivity contribution >= 4 is 26.5 Å². The normalized spacial score (nSPS) is 23.6. The Morgan fingerprint density at radius 3 is 2.78 bits per heavy atom. The Hall–Kier alpha value is -1.49. The molecule has 0 aromatic carbocycles. The van der Waals surface area contributed by atoms with Crippen molar-refractivity contribution in [1.82, 2.24) is 18.8 Å². The summed E-state index contributed by atoms with van der Waals surface area (Å²) in [6.45, 7) is 3.05. The molecule has 0 spiro atoms. The highest BCUT2D eigenvalue weighted by atomic mass is 32.2. The van der Waals surface area contributed by atoms with Crippen molar-refractivity contribution in [3.8, 4) is 10.7 Å². The lowest BCUT2D eigenvalue weighted by Crippen LogP contribution is -2.32. The van der Waals surface area contributed by atoms with Gasteiger partial charge < -0.3 is 14.2 Å². The van der Waals surface area contributed by atoms with Gasteiger partial charge in [-0.25, -0.2) is 22.7 Å². The smallest absolute Gasteiger partial charge is 0.214 e. The van der Waals surface area contributed by atoms with E-state index in [0.717, 1.165) is 28.9 Å². The van der Waals surface area contributed by atoms with Gasteiger partial charge in [0.1, 0.15) is 0 Å². The zero-order chi connectivity index (χ0) is 19.0. The predicted molar refractivity (Wildman–Crippen MR) is 106 cm³/mol. The van der Waals surface area contributed by atoms with Crippen LogP contribution >= 0.6 is 11.3 Å². The highest BCUT2D eigenvalue weighted by molar-refractivity contribution is 7.89. The first kappa shape index (κ1) is 18.9. The van der Waals surface area contributed by atoms with E-state index in [1.807, 2.05) is 12.4 Å². The Labute approximate surface area is 163 Å². The van der Waals surface area contributed by atoms with E-state index in [4.69, 9.17) is 4.74 Å². The molecule has 2 aromatic heterocycles. The highest BCUT2D eigenvalue weighted by Crippen LogP contribution is 2.36. The second-order valence-electron chi connectivity index (χ2n) is 7.29. The lowest BCUT2D eigenvalue weighted by molar-refractivity contribution is 0.182. The Balaban J connectivity index is 1.58. The van der Waals surface area contributed by atoms with Crippen LogP contribution in [0.5, 0.6) is 0 Å². The van der Waals surface area contributed by atoms with E-state index in [9.17, 15) is 8.42 Å². The second-order valence-corrected chi connectivity index (χ2v) is 10.5. The van der Waals surface area contributed by atoms with Crippen molar-refractivity contribution in [2.24, 2.45) is 5.92 Å². The fraction of sp³-hybridized carbons (Fsp3) is 0.647. The summed E-state index contributed by atoms with van der Waals surface area (Å²) in [5.41, 5.74) is 0. The minimum absolute atomic E-state index is 0.0467. The molecule has 0 unspecified atom stereocenters. The summed E-state index contributed by atoms with van der Waals surface area (Å²) in [5, 5.41) is 1.03. The third-order valence-corrected chi connectivity index (χ3v) is 8.28. The average Bonchev–Trinajstić information content (AvgIpc) is 3.39. The number of aromatic nitrogens is 3. The minimum atomic E-state index is -3.29. The van der Waals surface area contributed by atoms with Crippen molar-refractivity contribution in [3.05, 3.63) is 18.6 Å². The minimum Gasteiger partial charge on any atom is -0.379 e. The number of rotatable bonds is 6. The van der Waals surface area contributed by atoms with Crippen LogP contribution in [0.25, 0.3) is 10.7 Å². The number of thiazole rings is 1. The first-order valence-electron chi connectivity index (χ1n) is 9.17. The van der Waals surface area contributed by atoms with Gasteiger partial charge in [0, 0.05) is 45.5 Å². The number of anilines is 1. The molecule has 4 rings (SSSR count). The van der Waals surface area contributed by atoms with E-state index in [1.165, 1.54) is 17.1 Å². The van der Waals surface area contributed by atoms with Gasteiger partial charge in [-0.1, -0.05) is 11.3 Å². The highest BCUT2D eigenvalue weighted by Gasteiger charge is 2.35. The van der Waals surface area contributed by atoms with Gasteiger partial charge in [-0.15, -0.1) is 0 Å². The molecule has 148 valence electrons. The monoisotopic (exact) mass is 411 g/mol. The molecule has 27 heavy (non-hydrogen) atoms. The summed E-state index contributed by atoms with van der Waals surface area (Å²) in [5.74, 6) is 0.807. The summed E-state index contributed by atoms with van der Waals surface area (Å²) in [4.78, 5) is 12.4. The topological polar surface area (TPSA) is 80.6 Å². The molecule has 2 saturated heterocycles. The maximum atomic E-state index is 12.3. The third kappa shape index (κ3) is 3.75. The molecule has 2 aliphatic rings. The van der Waals surface area contributed by atoms with E-state index in [0.29, 0.717) is 13.2 Å². The van der Waals surface area contributed by atoms with Gasteiger partial charge in [-0.2, -0.15) is 0 Å². The van der Waals surface area contributed by atoms with Gasteiger partial charge >= 0.3 is 0 Å². The number of imidazole rings is 1. The number of sulfonamides is 1. The molecule has 0 saturated carbocycles. The zero-order valence-electron chi connectivity index (χ0n) is 15.6. The molecule has 4 heterocycles. The quantitative estimate of drug-likeness (QED) is 0.720. The first-order chi connectivity index (χ1) is 13.0. The number of ether oxygens (including phenoxy) is 1. The molecule has 0 bridgehead atoms. The van der Waals surface area contributed by atoms with Crippen molar-refractivity contribution in [2.45, 2.75) is 18.9 Å². The van der Waals surface area contributed by atoms with Gasteiger partial charge in [0.15, 0.2) is 11.0 Å². The first-order valence-corrected chi connectivity index (χ1v) is 11.6. The summed E-state index contributed by atoms with van der Waals surface area (Å²) < 4.78 is 33.7. The van der Waals surface area contributed by atoms with Gasteiger partial charge in [0.25, 0.3) is 0 Å². The Morgan fingerprint density at radius 1 is 1.26 bits per heavy atom. The fourth-order valence-electron chi connectivity index (χ4n) is 3.67. The van der Waals surface area contributed by atoms with Crippen molar-refractivity contribution in [2.75, 3.05) is 51.1 Å². The van der Waals surface area contributed by atoms with Gasteiger partial charge in [0.05, 0.1) is 36.1 Å². The third-order valence-electron chi connectivity index (χ3n) is 5.26. The van der Waals surface area contributed by atoms with Crippen LogP contribution in [-0.2, 0) is 14.8 Å². The maximum Gasteiger partial charge on any atom is 0.214 e. The molecule has 8 nitrogen and oxygen atoms in total. The molecular weight excluding hydrogens is 386 g/mol. The van der Waals surface area contributed by atoms with Crippen LogP contribution in [0.3, 0.4) is 0 Å². The Bertz CT molecular complexity index is 886. The average molecular weight is 412 g/mol. The lowest BCUT2D eigenvalue weighted by atomic mass is 10.1. The van der Waals surface area contributed by atoms with Gasteiger partial charge in [-0.3, -0.25) is 0 Å². The molecule has 0 aliphatic carbocycles. The van der Waals surface area contributed by atoms with Crippen LogP contribution in [0.1, 0.15) is 18.9 Å². The van der Waals surface area contributed by atoms with Crippen LogP contribution < -0.4 is 4.90 Å². The van der Waals surface area contributed by atoms with Crippen LogP contribution in [-0.4, -0.2) is 73.4 Å². The molecule has 0 amide bonds. The van der Waals surface area contributed by atoms with E-state index >= 15 is 0 Å². The largest absolute Gasteiger partial charge is 0.379 e. The molecule has 10 heteroatoms. The fourth-order valence-corrected chi connectivity index (χ4v) is 5.79. The van der Waals surface area contributed by atoms with Crippen LogP contribution in [0.2, 0.25) is 0 Å². The molecule has 2 aromatic rings. The number of hydrogen-bond donors (Lipinski definition) is 0. The second kappa shape index (κ2) is 7.50. The predicted octanol–water partition coefficient (Wildman–Crippen LogP) is 1.69. The van der Waals surface area contributed by atoms with Crippen LogP contribution in [0, 0.1) is 5.92 Å². The summed E-state index contributed by atoms with van der Waals surface area (Å²) in [6.07, 6.45) is 7.98. The summed E-state index contributed by atoms with van der Waals surface area (Å²) in [6, 6.07) is -0.0467. The lowest BCUT2D eigenvalue weighted by Gasteiger charge is -2.22. The Kier molecular flexibility index (Phi) is 5.23. The molecule has 0 radical (unpaired) electrons. The maximum absolute atomic E-state index is 12.3. The molecule has 2 fully saturated rings. The van der Waals surface area contributed by atoms with E-state index in [1.54, 1.807) is 31.6 Å². The van der Waals surface area contributed by atoms with Crippen molar-refractivity contribution in [3.63, 3.8) is 0 Å². The van der Waals surface area contributed by atoms with Crippen LogP contribution in [0.15, 0.2) is 18.6 Å². The molecule has 2 atom stereocenters. The SMILES string of the molecule is CN(C)S(=O)(=O)C[C@@H]1COC[C@H]1n1ccnc1-c1cnc(N2CCCC2)s1. The van der Waals surface area contributed by atoms with Crippen molar-refractivity contribution in [1.29, 1.82) is 0 Å². The van der Waals surface area contributed by atoms with E-state index in [-0.39, 0.29) is 17.7 Å². The summed E-state index contributed by atoms with van der Waals surface area (Å²) in [7, 11) is -0.148. The Morgan fingerprint density at radius 2 is 2.04 bits per heavy atom. The van der Waals surface area contributed by atoms with Gasteiger partial charge in [0.2, 0.25) is 10.0 Å². The van der Waals surface area contributed by atoms with Gasteiger partial charge in [-0.05, 0) is 12.8 Å². The van der Waals surface area contributed by atoms with Crippen LogP contribution in [0.4, 0.5) is 5.13 Å². The van der Waals surface area contributed by atoms with E-state index < -0.39 is 10.0 Å². The number of hydrogen-bond acceptors (Lipinski definition) is 7. The molecule has 0 N–H and O–H groups in total. The van der Waals surface area contributed by atoms with Crippen molar-refractivity contribution < 1.29 is 13.2 Å².